The van der Waals surface area contributed by atoms with Crippen LogP contribution in [0.1, 0.15) is 83.1 Å². The summed E-state index contributed by atoms with van der Waals surface area (Å²) in [5.74, 6) is -0.172. The zero-order valence-electron chi connectivity index (χ0n) is 14.4. The molecule has 1 atom stereocenters. The number of nitro benzene ring substituents is 1. The predicted octanol–water partition coefficient (Wildman–Crippen LogP) is 5.80. The summed E-state index contributed by atoms with van der Waals surface area (Å²) in [7, 11) is 0. The van der Waals surface area contributed by atoms with Gasteiger partial charge < -0.3 is 0 Å². The van der Waals surface area contributed by atoms with Crippen molar-refractivity contribution in [1.29, 1.82) is 0 Å². The SMILES string of the molecule is CCCCCCC(C(=O)CCCCC)c1ccccc1[N+](=O)[O-]. The van der Waals surface area contributed by atoms with Crippen LogP contribution in [-0.4, -0.2) is 10.7 Å². The number of unbranched alkanes of at least 4 members (excludes halogenated alkanes) is 5. The van der Waals surface area contributed by atoms with Gasteiger partial charge in [0.25, 0.3) is 5.69 Å². The lowest BCUT2D eigenvalue weighted by atomic mass is 9.86. The third kappa shape index (κ3) is 6.51. The van der Waals surface area contributed by atoms with Crippen LogP contribution in [-0.2, 0) is 4.79 Å². The van der Waals surface area contributed by atoms with E-state index in [0.29, 0.717) is 12.0 Å². The summed E-state index contributed by atoms with van der Waals surface area (Å²) < 4.78 is 0. The normalized spacial score (nSPS) is 12.1. The molecule has 0 amide bonds. The van der Waals surface area contributed by atoms with E-state index in [1.54, 1.807) is 18.2 Å². The van der Waals surface area contributed by atoms with Crippen LogP contribution >= 0.6 is 0 Å². The van der Waals surface area contributed by atoms with Gasteiger partial charge in [0.1, 0.15) is 5.78 Å². The third-order valence-electron chi connectivity index (χ3n) is 4.27. The number of Topliss-reactive ketones (excluding diaryl/α,β-unsaturated/α-hetero) is 1. The van der Waals surface area contributed by atoms with E-state index in [-0.39, 0.29) is 22.3 Å². The summed E-state index contributed by atoms with van der Waals surface area (Å²) in [6.45, 7) is 4.25. The molecule has 4 heteroatoms. The van der Waals surface area contributed by atoms with Crippen LogP contribution in [0.5, 0.6) is 0 Å². The topological polar surface area (TPSA) is 60.2 Å². The molecule has 0 N–H and O–H groups in total. The molecule has 0 radical (unpaired) electrons. The lowest BCUT2D eigenvalue weighted by molar-refractivity contribution is -0.385. The Morgan fingerprint density at radius 1 is 1.04 bits per heavy atom. The number of nitro groups is 1. The first-order chi connectivity index (χ1) is 11.1. The molecule has 1 aromatic rings. The van der Waals surface area contributed by atoms with E-state index in [4.69, 9.17) is 0 Å². The lowest BCUT2D eigenvalue weighted by Gasteiger charge is -2.16. The third-order valence-corrected chi connectivity index (χ3v) is 4.27. The van der Waals surface area contributed by atoms with Gasteiger partial charge in [-0.25, -0.2) is 0 Å². The van der Waals surface area contributed by atoms with E-state index in [2.05, 4.69) is 13.8 Å². The molecular weight excluding hydrogens is 290 g/mol. The summed E-state index contributed by atoms with van der Waals surface area (Å²) in [5, 5.41) is 11.3. The van der Waals surface area contributed by atoms with Crippen molar-refractivity contribution in [3.05, 3.63) is 39.9 Å². The molecule has 0 bridgehead atoms. The Balaban J connectivity index is 2.89. The zero-order chi connectivity index (χ0) is 17.1. The number of hydrogen-bond donors (Lipinski definition) is 0. The van der Waals surface area contributed by atoms with E-state index in [9.17, 15) is 14.9 Å². The Kier molecular flexibility index (Phi) is 9.18. The first kappa shape index (κ1) is 19.3. The second-order valence-electron chi connectivity index (χ2n) is 6.14. The monoisotopic (exact) mass is 319 g/mol. The van der Waals surface area contributed by atoms with Crippen LogP contribution in [0.3, 0.4) is 0 Å². The second kappa shape index (κ2) is 10.9. The van der Waals surface area contributed by atoms with Crippen molar-refractivity contribution in [1.82, 2.24) is 0 Å². The molecule has 0 aliphatic heterocycles. The highest BCUT2D eigenvalue weighted by molar-refractivity contribution is 5.86. The molecule has 0 heterocycles. The second-order valence-corrected chi connectivity index (χ2v) is 6.14. The minimum Gasteiger partial charge on any atom is -0.299 e. The Morgan fingerprint density at radius 3 is 2.35 bits per heavy atom. The predicted molar refractivity (Wildman–Crippen MR) is 93.7 cm³/mol. The van der Waals surface area contributed by atoms with Crippen molar-refractivity contribution in [3.63, 3.8) is 0 Å². The summed E-state index contributed by atoms with van der Waals surface area (Å²) in [5.41, 5.74) is 0.673. The highest BCUT2D eigenvalue weighted by atomic mass is 16.6. The molecule has 0 aromatic heterocycles. The molecule has 0 saturated carbocycles. The maximum absolute atomic E-state index is 12.6. The van der Waals surface area contributed by atoms with Gasteiger partial charge in [-0.15, -0.1) is 0 Å². The molecule has 0 saturated heterocycles. The largest absolute Gasteiger partial charge is 0.299 e. The highest BCUT2D eigenvalue weighted by Crippen LogP contribution is 2.32. The van der Waals surface area contributed by atoms with Gasteiger partial charge in [-0.1, -0.05) is 70.6 Å². The van der Waals surface area contributed by atoms with Crippen LogP contribution < -0.4 is 0 Å². The number of rotatable bonds is 12. The summed E-state index contributed by atoms with van der Waals surface area (Å²) in [4.78, 5) is 23.5. The number of para-hydroxylation sites is 1. The van der Waals surface area contributed by atoms with Crippen LogP contribution in [0.25, 0.3) is 0 Å². The molecule has 0 spiro atoms. The summed E-state index contributed by atoms with van der Waals surface area (Å²) in [6, 6.07) is 6.71. The van der Waals surface area contributed by atoms with E-state index in [1.165, 1.54) is 6.07 Å². The zero-order valence-corrected chi connectivity index (χ0v) is 14.4. The molecule has 0 fully saturated rings. The standard InChI is InChI=1S/C19H29NO3/c1-3-5-7-9-13-17(19(21)15-8-6-4-2)16-12-10-11-14-18(16)20(22)23/h10-12,14,17H,3-9,13,15H2,1-2H3. The molecule has 4 nitrogen and oxygen atoms in total. The highest BCUT2D eigenvalue weighted by Gasteiger charge is 2.26. The van der Waals surface area contributed by atoms with Crippen LogP contribution in [0.4, 0.5) is 5.69 Å². The fourth-order valence-electron chi connectivity index (χ4n) is 2.94. The smallest absolute Gasteiger partial charge is 0.273 e. The lowest BCUT2D eigenvalue weighted by Crippen LogP contribution is -2.14. The van der Waals surface area contributed by atoms with Crippen molar-refractivity contribution in [3.8, 4) is 0 Å². The number of benzene rings is 1. The fraction of sp³-hybridized carbons (Fsp3) is 0.632. The Hall–Kier alpha value is -1.71. The maximum Gasteiger partial charge on any atom is 0.273 e. The molecule has 23 heavy (non-hydrogen) atoms. The maximum atomic E-state index is 12.6. The van der Waals surface area contributed by atoms with Gasteiger partial charge >= 0.3 is 0 Å². The van der Waals surface area contributed by atoms with Crippen LogP contribution in [0.2, 0.25) is 0 Å². The fourth-order valence-corrected chi connectivity index (χ4v) is 2.94. The van der Waals surface area contributed by atoms with E-state index >= 15 is 0 Å². The van der Waals surface area contributed by atoms with Gasteiger partial charge in [0, 0.05) is 24.0 Å². The molecule has 0 aliphatic rings. The molecule has 1 aromatic carbocycles. The number of nitrogens with zero attached hydrogens (tertiary/aromatic N) is 1. The molecule has 1 rings (SSSR count). The van der Waals surface area contributed by atoms with Gasteiger partial charge in [0.15, 0.2) is 0 Å². The first-order valence-electron chi connectivity index (χ1n) is 8.87. The van der Waals surface area contributed by atoms with Crippen molar-refractivity contribution < 1.29 is 9.72 Å². The number of hydrogen-bond acceptors (Lipinski definition) is 3. The molecule has 128 valence electrons. The van der Waals surface area contributed by atoms with Gasteiger partial charge in [0.05, 0.1) is 4.92 Å². The minimum atomic E-state index is -0.367. The average Bonchev–Trinajstić information content (AvgIpc) is 2.55. The number of ketones is 1. The molecule has 0 aliphatic carbocycles. The quantitative estimate of drug-likeness (QED) is 0.278. The summed E-state index contributed by atoms with van der Waals surface area (Å²) >= 11 is 0. The molecular formula is C19H29NO3. The average molecular weight is 319 g/mol. The van der Waals surface area contributed by atoms with E-state index < -0.39 is 0 Å². The van der Waals surface area contributed by atoms with Crippen molar-refractivity contribution >= 4 is 11.5 Å². The van der Waals surface area contributed by atoms with Crippen LogP contribution in [0, 0.1) is 10.1 Å². The summed E-state index contributed by atoms with van der Waals surface area (Å²) in [6.07, 6.45) is 8.54. The van der Waals surface area contributed by atoms with Crippen molar-refractivity contribution in [2.45, 2.75) is 77.6 Å². The van der Waals surface area contributed by atoms with Gasteiger partial charge in [-0.05, 0) is 12.8 Å². The van der Waals surface area contributed by atoms with E-state index in [1.807, 2.05) is 0 Å². The number of carbonyl (C=O) groups excluding carboxylic acids is 1. The molecule has 1 unspecified atom stereocenters. The van der Waals surface area contributed by atoms with Crippen molar-refractivity contribution in [2.75, 3.05) is 0 Å². The van der Waals surface area contributed by atoms with E-state index in [0.717, 1.165) is 51.4 Å². The van der Waals surface area contributed by atoms with Gasteiger partial charge in [-0.2, -0.15) is 0 Å². The van der Waals surface area contributed by atoms with Gasteiger partial charge in [-0.3, -0.25) is 14.9 Å². The Bertz CT molecular complexity index is 499. The minimum absolute atomic E-state index is 0.0804. The Morgan fingerprint density at radius 2 is 1.70 bits per heavy atom. The van der Waals surface area contributed by atoms with Gasteiger partial charge in [0.2, 0.25) is 0 Å². The Labute approximate surface area is 139 Å². The number of carbonyl (C=O) groups is 1. The van der Waals surface area contributed by atoms with Crippen molar-refractivity contribution in [2.24, 2.45) is 0 Å². The first-order valence-corrected chi connectivity index (χ1v) is 8.87. The van der Waals surface area contributed by atoms with Crippen LogP contribution in [0.15, 0.2) is 24.3 Å².